The molecule has 0 spiro atoms. The van der Waals surface area contributed by atoms with E-state index in [9.17, 15) is 14.7 Å². The number of thioether (sulfide) groups is 1. The van der Waals surface area contributed by atoms with E-state index in [1.807, 2.05) is 30.3 Å². The standard InChI is InChI=1S/C17H18N2O4S2/c1-10-9-25-16-17(23-2,15(22)19(16)13(10)14(20)21)18-12(24)8-11-6-4-3-5-7-11/h3-7,16H,8-9H2,1-2H3,(H,18,24)(H,20,21)/t16-,17?/m1/s1. The number of methoxy groups -OCH3 is 1. The molecule has 3 rings (SSSR count). The molecule has 6 nitrogen and oxygen atoms in total. The molecule has 132 valence electrons. The van der Waals surface area contributed by atoms with Crippen LogP contribution in [0.25, 0.3) is 0 Å². The summed E-state index contributed by atoms with van der Waals surface area (Å²) in [6.45, 7) is 1.72. The first-order chi connectivity index (χ1) is 11.9. The van der Waals surface area contributed by atoms with Gasteiger partial charge in [-0.2, -0.15) is 0 Å². The number of hydrogen-bond acceptors (Lipinski definition) is 5. The van der Waals surface area contributed by atoms with Crippen molar-refractivity contribution in [3.63, 3.8) is 0 Å². The van der Waals surface area contributed by atoms with Gasteiger partial charge < -0.3 is 15.2 Å². The Morgan fingerprint density at radius 1 is 1.48 bits per heavy atom. The highest BCUT2D eigenvalue weighted by Crippen LogP contribution is 2.46. The highest BCUT2D eigenvalue weighted by atomic mass is 32.2. The summed E-state index contributed by atoms with van der Waals surface area (Å²) in [6, 6.07) is 9.66. The van der Waals surface area contributed by atoms with Crippen LogP contribution in [0.4, 0.5) is 0 Å². The van der Waals surface area contributed by atoms with E-state index < -0.39 is 23.0 Å². The Morgan fingerprint density at radius 2 is 2.16 bits per heavy atom. The van der Waals surface area contributed by atoms with Crippen molar-refractivity contribution in [3.8, 4) is 0 Å². The molecule has 1 fully saturated rings. The second kappa shape index (κ2) is 6.78. The summed E-state index contributed by atoms with van der Waals surface area (Å²) in [5.41, 5.74) is 0.404. The lowest BCUT2D eigenvalue weighted by molar-refractivity contribution is -0.187. The van der Waals surface area contributed by atoms with Gasteiger partial charge in [0.25, 0.3) is 11.6 Å². The fraction of sp³-hybridized carbons (Fsp3) is 0.353. The first-order valence-electron chi connectivity index (χ1n) is 7.69. The van der Waals surface area contributed by atoms with Crippen LogP contribution < -0.4 is 5.32 Å². The number of ether oxygens (including phenoxy) is 1. The Hall–Kier alpha value is -1.90. The van der Waals surface area contributed by atoms with Crippen molar-refractivity contribution in [1.82, 2.24) is 10.2 Å². The van der Waals surface area contributed by atoms with Gasteiger partial charge in [0, 0.05) is 19.3 Å². The van der Waals surface area contributed by atoms with E-state index in [-0.39, 0.29) is 5.70 Å². The number of thiocarbonyl (C=S) groups is 1. The summed E-state index contributed by atoms with van der Waals surface area (Å²) in [6.07, 6.45) is 0.479. The van der Waals surface area contributed by atoms with Gasteiger partial charge >= 0.3 is 5.97 Å². The molecule has 1 unspecified atom stereocenters. The fourth-order valence-electron chi connectivity index (χ4n) is 3.07. The molecule has 0 aromatic heterocycles. The Morgan fingerprint density at radius 3 is 2.76 bits per heavy atom. The highest BCUT2D eigenvalue weighted by Gasteiger charge is 2.66. The summed E-state index contributed by atoms with van der Waals surface area (Å²) in [7, 11) is 1.43. The number of amides is 1. The Labute approximate surface area is 155 Å². The summed E-state index contributed by atoms with van der Waals surface area (Å²) in [5.74, 6) is -1.01. The minimum absolute atomic E-state index is 0.0391. The number of fused-ring (bicyclic) bond motifs is 1. The molecule has 1 aromatic carbocycles. The zero-order valence-corrected chi connectivity index (χ0v) is 15.4. The molecule has 2 aliphatic rings. The monoisotopic (exact) mass is 378 g/mol. The van der Waals surface area contributed by atoms with Crippen LogP contribution in [-0.4, -0.2) is 50.8 Å². The molecular formula is C17H18N2O4S2. The van der Waals surface area contributed by atoms with Crippen molar-refractivity contribution in [2.24, 2.45) is 0 Å². The normalized spacial score (nSPS) is 25.3. The average Bonchev–Trinajstić information content (AvgIpc) is 2.59. The van der Waals surface area contributed by atoms with Crippen LogP contribution in [0.5, 0.6) is 0 Å². The molecule has 2 N–H and O–H groups in total. The molecular weight excluding hydrogens is 360 g/mol. The number of β-lactam (4-membered cyclic amide) rings is 1. The lowest BCUT2D eigenvalue weighted by atomic mass is 9.98. The van der Waals surface area contributed by atoms with Gasteiger partial charge in [0.1, 0.15) is 11.1 Å². The predicted octanol–water partition coefficient (Wildman–Crippen LogP) is 1.76. The Bertz CT molecular complexity index is 765. The number of hydrogen-bond donors (Lipinski definition) is 2. The van der Waals surface area contributed by atoms with Crippen LogP contribution in [0.2, 0.25) is 0 Å². The zero-order valence-electron chi connectivity index (χ0n) is 13.8. The number of nitrogens with zero attached hydrogens (tertiary/aromatic N) is 1. The smallest absolute Gasteiger partial charge is 0.352 e. The molecule has 2 heterocycles. The van der Waals surface area contributed by atoms with E-state index in [2.05, 4.69) is 5.32 Å². The van der Waals surface area contributed by atoms with Crippen molar-refractivity contribution in [2.75, 3.05) is 12.9 Å². The first-order valence-corrected chi connectivity index (χ1v) is 9.15. The third kappa shape index (κ3) is 2.94. The van der Waals surface area contributed by atoms with Gasteiger partial charge in [-0.3, -0.25) is 9.69 Å². The maximum absolute atomic E-state index is 12.8. The number of aliphatic carboxylic acids is 1. The van der Waals surface area contributed by atoms with E-state index in [4.69, 9.17) is 17.0 Å². The molecule has 1 saturated heterocycles. The molecule has 0 aliphatic carbocycles. The molecule has 0 radical (unpaired) electrons. The maximum atomic E-state index is 12.8. The minimum Gasteiger partial charge on any atom is -0.477 e. The zero-order chi connectivity index (χ0) is 18.2. The summed E-state index contributed by atoms with van der Waals surface area (Å²) < 4.78 is 5.50. The van der Waals surface area contributed by atoms with Gasteiger partial charge in [-0.05, 0) is 18.1 Å². The van der Waals surface area contributed by atoms with E-state index in [0.29, 0.717) is 22.7 Å². The van der Waals surface area contributed by atoms with E-state index in [1.54, 1.807) is 6.92 Å². The number of carbonyl (C=O) groups is 2. The molecule has 8 heteroatoms. The van der Waals surface area contributed by atoms with E-state index >= 15 is 0 Å². The quantitative estimate of drug-likeness (QED) is 0.459. The number of carbonyl (C=O) groups excluding carboxylic acids is 1. The molecule has 1 aromatic rings. The summed E-state index contributed by atoms with van der Waals surface area (Å²) in [4.78, 5) is 26.0. The number of nitrogens with one attached hydrogen (secondary N) is 1. The fourth-order valence-corrected chi connectivity index (χ4v) is 4.77. The third-order valence-electron chi connectivity index (χ3n) is 4.28. The highest BCUT2D eigenvalue weighted by molar-refractivity contribution is 8.00. The number of carboxylic acid groups (broad SMARTS) is 1. The summed E-state index contributed by atoms with van der Waals surface area (Å²) >= 11 is 6.86. The van der Waals surface area contributed by atoms with E-state index in [0.717, 1.165) is 5.56 Å². The van der Waals surface area contributed by atoms with Crippen molar-refractivity contribution in [3.05, 3.63) is 47.2 Å². The maximum Gasteiger partial charge on any atom is 0.352 e. The van der Waals surface area contributed by atoms with Gasteiger partial charge in [-0.25, -0.2) is 4.79 Å². The Kier molecular flexibility index (Phi) is 4.86. The van der Waals surface area contributed by atoms with Gasteiger partial charge in [0.2, 0.25) is 0 Å². The second-order valence-electron chi connectivity index (χ2n) is 5.92. The topological polar surface area (TPSA) is 78.9 Å². The summed E-state index contributed by atoms with van der Waals surface area (Å²) in [5, 5.41) is 12.0. The van der Waals surface area contributed by atoms with Crippen molar-refractivity contribution in [2.45, 2.75) is 24.4 Å². The molecule has 1 amide bonds. The molecule has 2 aliphatic heterocycles. The molecule has 2 atom stereocenters. The van der Waals surface area contributed by atoms with Gasteiger partial charge in [0.05, 0.1) is 4.99 Å². The lowest BCUT2D eigenvalue weighted by Gasteiger charge is -2.56. The number of benzene rings is 1. The van der Waals surface area contributed by atoms with Crippen molar-refractivity contribution < 1.29 is 19.4 Å². The van der Waals surface area contributed by atoms with Crippen LogP contribution in [0.1, 0.15) is 12.5 Å². The Balaban J connectivity index is 1.80. The van der Waals surface area contributed by atoms with E-state index in [1.165, 1.54) is 23.8 Å². The number of rotatable bonds is 5. The van der Waals surface area contributed by atoms with Crippen LogP contribution in [0.15, 0.2) is 41.6 Å². The van der Waals surface area contributed by atoms with Crippen LogP contribution in [0.3, 0.4) is 0 Å². The predicted molar refractivity (Wildman–Crippen MR) is 99.0 cm³/mol. The van der Waals surface area contributed by atoms with Crippen LogP contribution in [-0.2, 0) is 20.7 Å². The molecule has 0 saturated carbocycles. The minimum atomic E-state index is -1.32. The largest absolute Gasteiger partial charge is 0.477 e. The number of carboxylic acids is 1. The third-order valence-corrected chi connectivity index (χ3v) is 5.98. The molecule has 25 heavy (non-hydrogen) atoms. The lowest BCUT2D eigenvalue weighted by Crippen LogP contribution is -2.80. The SMILES string of the molecule is COC1(NC(=S)Cc2ccccc2)C(=O)N2C(C(=O)O)=C(C)CS[C@@H]21. The average molecular weight is 378 g/mol. The van der Waals surface area contributed by atoms with Crippen molar-refractivity contribution >= 4 is 40.8 Å². The van der Waals surface area contributed by atoms with Crippen LogP contribution in [0, 0.1) is 0 Å². The molecule has 0 bridgehead atoms. The van der Waals surface area contributed by atoms with Crippen molar-refractivity contribution in [1.29, 1.82) is 0 Å². The first kappa shape index (κ1) is 17.9. The van der Waals surface area contributed by atoms with Gasteiger partial charge in [-0.15, -0.1) is 11.8 Å². The van der Waals surface area contributed by atoms with Gasteiger partial charge in [0.15, 0.2) is 0 Å². The van der Waals surface area contributed by atoms with Gasteiger partial charge in [-0.1, -0.05) is 42.5 Å². The second-order valence-corrected chi connectivity index (χ2v) is 7.48. The van der Waals surface area contributed by atoms with Crippen LogP contribution >= 0.6 is 24.0 Å².